The van der Waals surface area contributed by atoms with Gasteiger partial charge in [0.05, 0.1) is 25.4 Å². The van der Waals surface area contributed by atoms with Crippen LogP contribution in [0.5, 0.6) is 0 Å². The van der Waals surface area contributed by atoms with Crippen LogP contribution in [0.25, 0.3) is 0 Å². The van der Waals surface area contributed by atoms with Crippen LogP contribution in [0, 0.1) is 5.41 Å². The highest BCUT2D eigenvalue weighted by atomic mass is 16.5. The van der Waals surface area contributed by atoms with Crippen molar-refractivity contribution in [3.8, 4) is 0 Å². The summed E-state index contributed by atoms with van der Waals surface area (Å²) in [6, 6.07) is 10.2. The normalized spacial score (nSPS) is 23.0. The number of rotatable bonds is 5. The summed E-state index contributed by atoms with van der Waals surface area (Å²) >= 11 is 0. The fourth-order valence-electron chi connectivity index (χ4n) is 2.38. The van der Waals surface area contributed by atoms with Gasteiger partial charge < -0.3 is 9.47 Å². The molecule has 0 aromatic heterocycles. The molecule has 1 aromatic carbocycles. The van der Waals surface area contributed by atoms with E-state index in [0.717, 1.165) is 12.8 Å². The molecular formula is C18H26O3. The van der Waals surface area contributed by atoms with Gasteiger partial charge in [-0.1, -0.05) is 51.1 Å². The Bertz CT molecular complexity index is 439. The molecule has 116 valence electrons. The van der Waals surface area contributed by atoms with E-state index in [1.165, 1.54) is 5.56 Å². The van der Waals surface area contributed by atoms with E-state index in [1.54, 1.807) is 0 Å². The topological polar surface area (TPSA) is 35.5 Å². The molecule has 0 unspecified atom stereocenters. The molecule has 0 spiro atoms. The van der Waals surface area contributed by atoms with Crippen molar-refractivity contribution in [2.75, 3.05) is 6.61 Å². The Hall–Kier alpha value is -1.19. The summed E-state index contributed by atoms with van der Waals surface area (Å²) in [5.41, 5.74) is 0.909. The van der Waals surface area contributed by atoms with E-state index >= 15 is 0 Å². The molecule has 0 radical (unpaired) electrons. The summed E-state index contributed by atoms with van der Waals surface area (Å²) in [4.78, 5) is 12.0. The van der Waals surface area contributed by atoms with Crippen LogP contribution in [0.1, 0.15) is 45.6 Å². The molecule has 2 atom stereocenters. The fraction of sp³-hybridized carbons (Fsp3) is 0.611. The summed E-state index contributed by atoms with van der Waals surface area (Å²) in [5.74, 6) is 0.274. The van der Waals surface area contributed by atoms with Crippen LogP contribution in [0.2, 0.25) is 0 Å². The second-order valence-corrected chi connectivity index (χ2v) is 6.83. The first-order valence-corrected chi connectivity index (χ1v) is 7.75. The molecule has 0 N–H and O–H groups in total. The standard InChI is InChI=1S/C18H26O3/c1-18(2,3)17(19)11-15-9-10-16(13-21-15)20-12-14-7-5-4-6-8-14/h4-8,15-16H,9-13H2,1-3H3/t15-,16+/m1/s1. The second kappa shape index (κ2) is 7.19. The van der Waals surface area contributed by atoms with Gasteiger partial charge >= 0.3 is 0 Å². The van der Waals surface area contributed by atoms with Crippen molar-refractivity contribution in [1.29, 1.82) is 0 Å². The van der Waals surface area contributed by atoms with Gasteiger partial charge in [0.2, 0.25) is 0 Å². The molecule has 1 heterocycles. The van der Waals surface area contributed by atoms with Crippen molar-refractivity contribution in [3.05, 3.63) is 35.9 Å². The Kier molecular flexibility index (Phi) is 5.54. The van der Waals surface area contributed by atoms with Gasteiger partial charge in [0.15, 0.2) is 0 Å². The van der Waals surface area contributed by atoms with Gasteiger partial charge in [-0.15, -0.1) is 0 Å². The average molecular weight is 290 g/mol. The molecule has 3 heteroatoms. The third kappa shape index (κ3) is 5.25. The summed E-state index contributed by atoms with van der Waals surface area (Å²) in [6.07, 6.45) is 2.60. The van der Waals surface area contributed by atoms with Crippen molar-refractivity contribution < 1.29 is 14.3 Å². The maximum atomic E-state index is 12.0. The zero-order chi connectivity index (χ0) is 15.3. The number of carbonyl (C=O) groups excluding carboxylic acids is 1. The Morgan fingerprint density at radius 1 is 1.24 bits per heavy atom. The highest BCUT2D eigenvalue weighted by Gasteiger charge is 2.28. The second-order valence-electron chi connectivity index (χ2n) is 6.83. The van der Waals surface area contributed by atoms with Crippen LogP contribution in [-0.4, -0.2) is 24.6 Å². The van der Waals surface area contributed by atoms with Crippen LogP contribution in [0.15, 0.2) is 30.3 Å². The Morgan fingerprint density at radius 3 is 2.52 bits per heavy atom. The van der Waals surface area contributed by atoms with E-state index in [4.69, 9.17) is 9.47 Å². The summed E-state index contributed by atoms with van der Waals surface area (Å²) < 4.78 is 11.7. The Balaban J connectivity index is 1.70. The molecule has 21 heavy (non-hydrogen) atoms. The first kappa shape index (κ1) is 16.2. The molecule has 0 saturated carbocycles. The lowest BCUT2D eigenvalue weighted by atomic mass is 9.86. The molecule has 1 saturated heterocycles. The molecule has 1 aromatic rings. The van der Waals surface area contributed by atoms with Crippen molar-refractivity contribution in [2.24, 2.45) is 5.41 Å². The van der Waals surface area contributed by atoms with Gasteiger partial charge in [0.25, 0.3) is 0 Å². The van der Waals surface area contributed by atoms with E-state index in [1.807, 2.05) is 39.0 Å². The number of Topliss-reactive ketones (excluding diaryl/α,β-unsaturated/α-hetero) is 1. The lowest BCUT2D eigenvalue weighted by Gasteiger charge is -2.30. The van der Waals surface area contributed by atoms with E-state index in [0.29, 0.717) is 19.6 Å². The minimum absolute atomic E-state index is 0.0632. The minimum Gasteiger partial charge on any atom is -0.375 e. The van der Waals surface area contributed by atoms with Crippen molar-refractivity contribution in [1.82, 2.24) is 0 Å². The van der Waals surface area contributed by atoms with Crippen LogP contribution >= 0.6 is 0 Å². The molecule has 3 nitrogen and oxygen atoms in total. The largest absolute Gasteiger partial charge is 0.375 e. The Morgan fingerprint density at radius 2 is 1.95 bits per heavy atom. The van der Waals surface area contributed by atoms with Crippen molar-refractivity contribution in [3.63, 3.8) is 0 Å². The molecule has 1 aliphatic heterocycles. The highest BCUT2D eigenvalue weighted by Crippen LogP contribution is 2.24. The monoisotopic (exact) mass is 290 g/mol. The number of hydrogen-bond donors (Lipinski definition) is 0. The van der Waals surface area contributed by atoms with Gasteiger partial charge in [0, 0.05) is 11.8 Å². The minimum atomic E-state index is -0.274. The van der Waals surface area contributed by atoms with Gasteiger partial charge in [-0.3, -0.25) is 4.79 Å². The summed E-state index contributed by atoms with van der Waals surface area (Å²) in [7, 11) is 0. The van der Waals surface area contributed by atoms with E-state index in [2.05, 4.69) is 12.1 Å². The van der Waals surface area contributed by atoms with Gasteiger partial charge in [-0.05, 0) is 18.4 Å². The van der Waals surface area contributed by atoms with Crippen molar-refractivity contribution in [2.45, 2.75) is 58.8 Å². The summed E-state index contributed by atoms with van der Waals surface area (Å²) in [5, 5.41) is 0. The van der Waals surface area contributed by atoms with Crippen molar-refractivity contribution >= 4 is 5.78 Å². The molecule has 2 rings (SSSR count). The maximum absolute atomic E-state index is 12.0. The van der Waals surface area contributed by atoms with Crippen LogP contribution in [-0.2, 0) is 20.9 Å². The molecule has 0 aliphatic carbocycles. The van der Waals surface area contributed by atoms with Crippen LogP contribution < -0.4 is 0 Å². The van der Waals surface area contributed by atoms with E-state index in [-0.39, 0.29) is 23.4 Å². The van der Waals surface area contributed by atoms with Gasteiger partial charge in [0.1, 0.15) is 5.78 Å². The number of ether oxygens (including phenoxy) is 2. The van der Waals surface area contributed by atoms with Gasteiger partial charge in [-0.2, -0.15) is 0 Å². The third-order valence-corrected chi connectivity index (χ3v) is 3.91. The number of benzene rings is 1. The number of carbonyl (C=O) groups is 1. The smallest absolute Gasteiger partial charge is 0.140 e. The molecule has 1 aliphatic rings. The zero-order valence-corrected chi connectivity index (χ0v) is 13.3. The first-order valence-electron chi connectivity index (χ1n) is 7.75. The Labute approximate surface area is 127 Å². The molecule has 0 bridgehead atoms. The first-order chi connectivity index (χ1) is 9.95. The lowest BCUT2D eigenvalue weighted by molar-refractivity contribution is -0.134. The highest BCUT2D eigenvalue weighted by molar-refractivity contribution is 5.84. The molecule has 1 fully saturated rings. The SMILES string of the molecule is CC(C)(C)C(=O)C[C@H]1CC[C@H](OCc2ccccc2)CO1. The molecular weight excluding hydrogens is 264 g/mol. The lowest BCUT2D eigenvalue weighted by Crippen LogP contribution is -2.34. The van der Waals surface area contributed by atoms with Crippen LogP contribution in [0.3, 0.4) is 0 Å². The number of hydrogen-bond acceptors (Lipinski definition) is 3. The molecule has 0 amide bonds. The maximum Gasteiger partial charge on any atom is 0.140 e. The quantitative estimate of drug-likeness (QED) is 0.828. The average Bonchev–Trinajstić information content (AvgIpc) is 2.46. The van der Waals surface area contributed by atoms with Crippen LogP contribution in [0.4, 0.5) is 0 Å². The predicted octanol–water partition coefficient (Wildman–Crippen LogP) is 3.76. The number of ketones is 1. The predicted molar refractivity (Wildman–Crippen MR) is 83.1 cm³/mol. The summed E-state index contributed by atoms with van der Waals surface area (Å²) in [6.45, 7) is 7.10. The third-order valence-electron chi connectivity index (χ3n) is 3.91. The van der Waals surface area contributed by atoms with Gasteiger partial charge in [-0.25, -0.2) is 0 Å². The zero-order valence-electron chi connectivity index (χ0n) is 13.3. The fourth-order valence-corrected chi connectivity index (χ4v) is 2.38. The van der Waals surface area contributed by atoms with E-state index in [9.17, 15) is 4.79 Å². The van der Waals surface area contributed by atoms with E-state index < -0.39 is 0 Å².